The zero-order valence-electron chi connectivity index (χ0n) is 21.1. The monoisotopic (exact) mass is 503 g/mol. The molecular weight excluding hydrogens is 470 g/mol. The Balaban J connectivity index is 1.10. The van der Waals surface area contributed by atoms with E-state index in [4.69, 9.17) is 19.9 Å². The number of hydrogen-bond acceptors (Lipinski definition) is 7. The maximum atomic E-state index is 12.2. The SMILES string of the molecule is CC1(OC(=O)NC2CC(n3cc(-c4cccc(OCC56CCC(CC5)O6)c4)c4c(N)ncnc43)C2)CC1. The van der Waals surface area contributed by atoms with E-state index in [2.05, 4.69) is 38.2 Å². The van der Waals surface area contributed by atoms with Gasteiger partial charge in [-0.2, -0.15) is 0 Å². The van der Waals surface area contributed by atoms with Crippen molar-refractivity contribution in [2.24, 2.45) is 0 Å². The van der Waals surface area contributed by atoms with Crippen molar-refractivity contribution in [3.05, 3.63) is 36.8 Å². The Morgan fingerprint density at radius 2 is 2.03 bits per heavy atom. The number of aromatic nitrogens is 3. The molecule has 2 aliphatic heterocycles. The summed E-state index contributed by atoms with van der Waals surface area (Å²) in [7, 11) is 0. The molecule has 2 saturated heterocycles. The second-order valence-corrected chi connectivity index (χ2v) is 11.5. The number of nitrogen functional groups attached to an aromatic ring is 1. The first-order valence-corrected chi connectivity index (χ1v) is 13.4. The molecule has 9 nitrogen and oxygen atoms in total. The molecule has 2 aromatic heterocycles. The molecule has 3 N–H and O–H groups in total. The average molecular weight is 504 g/mol. The van der Waals surface area contributed by atoms with Gasteiger partial charge in [-0.3, -0.25) is 0 Å². The molecule has 1 amide bonds. The van der Waals surface area contributed by atoms with Crippen LogP contribution in [0.3, 0.4) is 0 Å². The molecule has 7 rings (SSSR count). The molecule has 0 spiro atoms. The van der Waals surface area contributed by atoms with E-state index in [1.165, 1.54) is 6.33 Å². The van der Waals surface area contributed by atoms with Crippen molar-refractivity contribution in [1.82, 2.24) is 19.9 Å². The fraction of sp³-hybridized carbons (Fsp3) is 0.536. The van der Waals surface area contributed by atoms with E-state index in [-0.39, 0.29) is 29.4 Å². The van der Waals surface area contributed by atoms with Crippen LogP contribution in [-0.4, -0.2) is 50.6 Å². The summed E-state index contributed by atoms with van der Waals surface area (Å²) in [6.45, 7) is 2.55. The highest BCUT2D eigenvalue weighted by molar-refractivity contribution is 6.00. The number of nitrogens with one attached hydrogen (secondary N) is 1. The number of hydrogen-bond donors (Lipinski definition) is 2. The smallest absolute Gasteiger partial charge is 0.407 e. The number of alkyl carbamates (subject to hydrolysis) is 1. The number of fused-ring (bicyclic) bond motifs is 3. The summed E-state index contributed by atoms with van der Waals surface area (Å²) in [4.78, 5) is 21.1. The number of nitrogens with zero attached hydrogens (tertiary/aromatic N) is 3. The van der Waals surface area contributed by atoms with E-state index >= 15 is 0 Å². The van der Waals surface area contributed by atoms with E-state index in [1.54, 1.807) is 0 Å². The van der Waals surface area contributed by atoms with Crippen molar-refractivity contribution in [3.63, 3.8) is 0 Å². The number of ether oxygens (including phenoxy) is 3. The van der Waals surface area contributed by atoms with Crippen LogP contribution in [0.5, 0.6) is 5.75 Å². The zero-order valence-corrected chi connectivity index (χ0v) is 21.1. The molecule has 0 atom stereocenters. The third-order valence-corrected chi connectivity index (χ3v) is 8.67. The molecule has 4 heterocycles. The van der Waals surface area contributed by atoms with E-state index in [0.29, 0.717) is 18.5 Å². The third-order valence-electron chi connectivity index (χ3n) is 8.67. The van der Waals surface area contributed by atoms with Gasteiger partial charge in [0, 0.05) is 23.8 Å². The highest BCUT2D eigenvalue weighted by Gasteiger charge is 2.47. The summed E-state index contributed by atoms with van der Waals surface area (Å²) < 4.78 is 20.1. The first-order valence-electron chi connectivity index (χ1n) is 13.4. The van der Waals surface area contributed by atoms with Crippen LogP contribution in [0.25, 0.3) is 22.2 Å². The van der Waals surface area contributed by atoms with E-state index < -0.39 is 0 Å². The van der Waals surface area contributed by atoms with Crippen LogP contribution in [0.1, 0.15) is 64.3 Å². The lowest BCUT2D eigenvalue weighted by Crippen LogP contribution is -2.45. The lowest BCUT2D eigenvalue weighted by Gasteiger charge is -2.36. The summed E-state index contributed by atoms with van der Waals surface area (Å²) in [5.74, 6) is 1.27. The normalized spacial score (nSPS) is 29.2. The van der Waals surface area contributed by atoms with Crippen molar-refractivity contribution in [1.29, 1.82) is 0 Å². The molecule has 4 fully saturated rings. The fourth-order valence-electron chi connectivity index (χ4n) is 6.09. The minimum absolute atomic E-state index is 0.0871. The molecule has 2 saturated carbocycles. The van der Waals surface area contributed by atoms with Gasteiger partial charge in [-0.1, -0.05) is 12.1 Å². The van der Waals surface area contributed by atoms with Gasteiger partial charge in [0.1, 0.15) is 41.4 Å². The lowest BCUT2D eigenvalue weighted by atomic mass is 9.86. The molecule has 0 unspecified atom stereocenters. The summed E-state index contributed by atoms with van der Waals surface area (Å²) in [5, 5.41) is 3.85. The maximum absolute atomic E-state index is 12.2. The van der Waals surface area contributed by atoms with Crippen molar-refractivity contribution >= 4 is 22.9 Å². The van der Waals surface area contributed by atoms with E-state index in [0.717, 1.165) is 79.3 Å². The van der Waals surface area contributed by atoms with Crippen LogP contribution in [0.2, 0.25) is 0 Å². The summed E-state index contributed by atoms with van der Waals surface area (Å²) in [5.41, 5.74) is 8.76. The van der Waals surface area contributed by atoms with Gasteiger partial charge in [-0.05, 0) is 76.0 Å². The molecule has 194 valence electrons. The van der Waals surface area contributed by atoms with Gasteiger partial charge in [0.25, 0.3) is 0 Å². The predicted molar refractivity (Wildman–Crippen MR) is 138 cm³/mol. The van der Waals surface area contributed by atoms with E-state index in [9.17, 15) is 4.79 Å². The Bertz CT molecular complexity index is 1350. The van der Waals surface area contributed by atoms with Crippen molar-refractivity contribution in [2.45, 2.75) is 87.7 Å². The number of nitrogens with two attached hydrogens (primary N) is 1. The Morgan fingerprint density at radius 1 is 1.22 bits per heavy atom. The number of amides is 1. The number of carbonyl (C=O) groups excluding carboxylic acids is 1. The van der Waals surface area contributed by atoms with Gasteiger partial charge in [0.05, 0.1) is 11.5 Å². The molecule has 4 aliphatic rings. The van der Waals surface area contributed by atoms with Crippen molar-refractivity contribution in [3.8, 4) is 16.9 Å². The topological polar surface area (TPSA) is 114 Å². The van der Waals surface area contributed by atoms with Crippen molar-refractivity contribution < 1.29 is 19.0 Å². The molecule has 3 aromatic rings. The molecule has 2 bridgehead atoms. The van der Waals surface area contributed by atoms with Gasteiger partial charge in [0.2, 0.25) is 0 Å². The van der Waals surface area contributed by atoms with Gasteiger partial charge in [0.15, 0.2) is 0 Å². The summed E-state index contributed by atoms with van der Waals surface area (Å²) in [6.07, 6.45) is 11.6. The zero-order chi connectivity index (χ0) is 25.2. The average Bonchev–Trinajstić information content (AvgIpc) is 3.22. The molecule has 0 radical (unpaired) electrons. The van der Waals surface area contributed by atoms with Gasteiger partial charge in [-0.15, -0.1) is 0 Å². The highest BCUT2D eigenvalue weighted by Crippen LogP contribution is 2.44. The van der Waals surface area contributed by atoms with Crippen molar-refractivity contribution in [2.75, 3.05) is 12.3 Å². The first kappa shape index (κ1) is 22.8. The first-order chi connectivity index (χ1) is 17.9. The van der Waals surface area contributed by atoms with Crippen LogP contribution < -0.4 is 15.8 Å². The lowest BCUT2D eigenvalue weighted by molar-refractivity contribution is -0.0198. The largest absolute Gasteiger partial charge is 0.491 e. The van der Waals surface area contributed by atoms with Crippen LogP contribution in [0.4, 0.5) is 10.6 Å². The second-order valence-electron chi connectivity index (χ2n) is 11.5. The summed E-state index contributed by atoms with van der Waals surface area (Å²) in [6, 6.07) is 8.42. The summed E-state index contributed by atoms with van der Waals surface area (Å²) >= 11 is 0. The standard InChI is InChI=1S/C28H33N5O4/c1-27(9-10-27)37-26(34)32-18-12-19(13-18)33-14-22(23-24(29)30-16-31-25(23)33)17-3-2-4-21(11-17)35-15-28-7-5-20(36-28)6-8-28/h2-4,11,14,16,18-20H,5-10,12-13,15H2,1H3,(H,32,34)(H2,29,30,31). The van der Waals surface area contributed by atoms with Crippen LogP contribution >= 0.6 is 0 Å². The molecule has 1 aromatic carbocycles. The minimum Gasteiger partial charge on any atom is -0.491 e. The van der Waals surface area contributed by atoms with Crippen LogP contribution in [-0.2, 0) is 9.47 Å². The van der Waals surface area contributed by atoms with E-state index in [1.807, 2.05) is 19.1 Å². The Kier molecular flexibility index (Phi) is 5.15. The van der Waals surface area contributed by atoms with Crippen LogP contribution in [0, 0.1) is 0 Å². The van der Waals surface area contributed by atoms with Gasteiger partial charge < -0.3 is 29.8 Å². The number of carbonyl (C=O) groups is 1. The number of benzene rings is 1. The minimum atomic E-state index is -0.319. The highest BCUT2D eigenvalue weighted by atomic mass is 16.6. The third kappa shape index (κ3) is 4.19. The fourth-order valence-corrected chi connectivity index (χ4v) is 6.09. The Morgan fingerprint density at radius 3 is 2.76 bits per heavy atom. The maximum Gasteiger partial charge on any atom is 0.407 e. The van der Waals surface area contributed by atoms with Gasteiger partial charge >= 0.3 is 6.09 Å². The molecule has 37 heavy (non-hydrogen) atoms. The second kappa shape index (κ2) is 8.34. The molecular formula is C28H33N5O4. The van der Waals surface area contributed by atoms with Gasteiger partial charge in [-0.25, -0.2) is 14.8 Å². The number of rotatable bonds is 7. The molecule has 9 heteroatoms. The Labute approximate surface area is 215 Å². The number of anilines is 1. The molecule has 2 aliphatic carbocycles. The predicted octanol–water partition coefficient (Wildman–Crippen LogP) is 4.75. The van der Waals surface area contributed by atoms with Crippen LogP contribution in [0.15, 0.2) is 36.8 Å². The quantitative estimate of drug-likeness (QED) is 0.478. The Hall–Kier alpha value is -3.33.